The van der Waals surface area contributed by atoms with E-state index in [-0.39, 0.29) is 60.9 Å². The third-order valence-corrected chi connectivity index (χ3v) is 15.2. The number of aliphatic hydroxyl groups excluding tert-OH is 1. The molecule has 0 aromatic carbocycles. The molecule has 0 unspecified atom stereocenters. The number of ketones is 3. The minimum absolute atomic E-state index is 0.0170. The molecule has 17 nitrogen and oxygen atoms in total. The summed E-state index contributed by atoms with van der Waals surface area (Å²) >= 11 is 0. The summed E-state index contributed by atoms with van der Waals surface area (Å²) in [5, 5.41) is 35.2. The maximum absolute atomic E-state index is 14.5. The van der Waals surface area contributed by atoms with Gasteiger partial charge in [0.25, 0.3) is 11.7 Å². The van der Waals surface area contributed by atoms with Gasteiger partial charge in [-0.05, 0) is 117 Å². The SMILES string of the molecule is CO[C@H]1C[C@@H]2CC[C@@H](C)[C@@](O)(O2)C(=O)C(=O)N2CCCC[C@H]2C(=O)O[C@H]([C@H](C)C[C@H]2CC[C@H](n3cnnn3)[C@H](OC)C2)CC(=O)[C@H](C)/C=C(\C)[C@@H](O)[C@@H](OC)C(=O)[C@H](C)C[C@H](C)/C=C/C=C/C=C/1C. The van der Waals surface area contributed by atoms with Gasteiger partial charge in [0.05, 0.1) is 24.4 Å². The van der Waals surface area contributed by atoms with E-state index in [4.69, 9.17) is 23.7 Å². The number of hydrogen-bond acceptors (Lipinski definition) is 15. The van der Waals surface area contributed by atoms with Crippen LogP contribution in [0.4, 0.5) is 0 Å². The van der Waals surface area contributed by atoms with Gasteiger partial charge in [0.15, 0.2) is 5.78 Å². The van der Waals surface area contributed by atoms with Crippen molar-refractivity contribution >= 4 is 29.2 Å². The van der Waals surface area contributed by atoms with E-state index in [1.165, 1.54) is 12.0 Å². The first-order valence-electron chi connectivity index (χ1n) is 25.0. The highest BCUT2D eigenvalue weighted by Crippen LogP contribution is 2.39. The highest BCUT2D eigenvalue weighted by molar-refractivity contribution is 6.39. The predicted molar refractivity (Wildman–Crippen MR) is 256 cm³/mol. The molecule has 3 fully saturated rings. The van der Waals surface area contributed by atoms with Crippen molar-refractivity contribution in [3.05, 3.63) is 53.9 Å². The van der Waals surface area contributed by atoms with Gasteiger partial charge in [-0.1, -0.05) is 71.1 Å². The second-order valence-corrected chi connectivity index (χ2v) is 20.4. The first-order chi connectivity index (χ1) is 32.8. The molecule has 2 N–H and O–H groups in total. The number of allylic oxidation sites excluding steroid dienone is 6. The van der Waals surface area contributed by atoms with Crippen LogP contribution in [0.2, 0.25) is 0 Å². The molecule has 1 amide bonds. The smallest absolute Gasteiger partial charge is 0.329 e. The monoisotopic (exact) mass is 966 g/mol. The van der Waals surface area contributed by atoms with Crippen molar-refractivity contribution < 1.29 is 57.9 Å². The number of methoxy groups -OCH3 is 3. The van der Waals surface area contributed by atoms with Crippen LogP contribution in [0.5, 0.6) is 0 Å². The van der Waals surface area contributed by atoms with Crippen LogP contribution in [-0.4, -0.2) is 141 Å². The maximum atomic E-state index is 14.5. The van der Waals surface area contributed by atoms with Gasteiger partial charge in [-0.2, -0.15) is 0 Å². The lowest BCUT2D eigenvalue weighted by atomic mass is 9.77. The summed E-state index contributed by atoms with van der Waals surface area (Å²) in [6.07, 6.45) is 13.9. The number of esters is 1. The molecule has 2 saturated heterocycles. The molecule has 4 aliphatic rings. The minimum atomic E-state index is -2.43. The largest absolute Gasteiger partial charge is 0.460 e. The lowest BCUT2D eigenvalue weighted by Gasteiger charge is -2.42. The van der Waals surface area contributed by atoms with E-state index in [0.29, 0.717) is 56.9 Å². The molecule has 384 valence electrons. The molecule has 0 radical (unpaired) electrons. The fourth-order valence-electron chi connectivity index (χ4n) is 10.7. The van der Waals surface area contributed by atoms with Gasteiger partial charge in [0.1, 0.15) is 36.5 Å². The molecule has 69 heavy (non-hydrogen) atoms. The Balaban J connectivity index is 1.46. The van der Waals surface area contributed by atoms with Crippen LogP contribution in [-0.2, 0) is 47.7 Å². The van der Waals surface area contributed by atoms with E-state index < -0.39 is 77.8 Å². The number of aromatic nitrogens is 4. The Hall–Kier alpha value is -4.26. The van der Waals surface area contributed by atoms with Crippen molar-refractivity contribution in [1.82, 2.24) is 25.1 Å². The van der Waals surface area contributed by atoms with Gasteiger partial charge in [-0.3, -0.25) is 19.2 Å². The molecule has 1 saturated carbocycles. The summed E-state index contributed by atoms with van der Waals surface area (Å²) in [6, 6.07) is -1.19. The molecule has 2 bridgehead atoms. The number of rotatable bonds is 7. The standard InChI is InChI=1S/C52H79N5O12/c1-31-16-12-11-13-17-32(2)43(65-8)28-39-21-19-37(7)52(64,69-39)49(61)50(62)56-23-15-14-18-41(56)51(63)68-44(34(4)26-38-20-22-40(45(27-38)66-9)57-30-53-54-55-57)29-42(58)33(3)25-36(6)47(60)48(67-10)46(59)35(5)24-31/h11-13,16-17,25,30-31,33-35,37-41,43-45,47-48,60,64H,14-15,18-24,26-29H2,1-10H3/b13-11+,16-12+,32-17+,36-25+/t31-,33-,34-,35-,37-,38-,39+,40+,41+,43+,44+,45-,47-,48+,52-/m1/s1. The van der Waals surface area contributed by atoms with Crippen LogP contribution < -0.4 is 0 Å². The van der Waals surface area contributed by atoms with Gasteiger partial charge in [-0.25, -0.2) is 9.48 Å². The first-order valence-corrected chi connectivity index (χ1v) is 25.0. The van der Waals surface area contributed by atoms with Crippen molar-refractivity contribution in [3.8, 4) is 0 Å². The van der Waals surface area contributed by atoms with Crippen molar-refractivity contribution in [3.63, 3.8) is 0 Å². The van der Waals surface area contributed by atoms with E-state index >= 15 is 0 Å². The fourth-order valence-corrected chi connectivity index (χ4v) is 10.7. The molecule has 4 heterocycles. The van der Waals surface area contributed by atoms with Gasteiger partial charge in [0.2, 0.25) is 5.79 Å². The van der Waals surface area contributed by atoms with Crippen LogP contribution in [0.15, 0.2) is 53.9 Å². The van der Waals surface area contributed by atoms with E-state index in [1.807, 2.05) is 58.1 Å². The number of nitrogens with zero attached hydrogens (tertiary/aromatic N) is 5. The number of amides is 1. The molecule has 1 aromatic rings. The Labute approximate surface area is 408 Å². The Morgan fingerprint density at radius 2 is 1.64 bits per heavy atom. The predicted octanol–water partition coefficient (Wildman–Crippen LogP) is 6.05. The molecular formula is C52H79N5O12. The number of cyclic esters (lactones) is 1. The Morgan fingerprint density at radius 3 is 2.32 bits per heavy atom. The van der Waals surface area contributed by atoms with E-state index in [1.54, 1.807) is 52.1 Å². The number of carbonyl (C=O) groups is 5. The van der Waals surface area contributed by atoms with Crippen LogP contribution in [0.25, 0.3) is 0 Å². The maximum Gasteiger partial charge on any atom is 0.329 e. The number of hydrogen-bond donors (Lipinski definition) is 2. The lowest BCUT2D eigenvalue weighted by Crippen LogP contribution is -2.61. The molecule has 15 atom stereocenters. The lowest BCUT2D eigenvalue weighted by molar-refractivity contribution is -0.265. The zero-order valence-electron chi connectivity index (χ0n) is 42.5. The van der Waals surface area contributed by atoms with Gasteiger partial charge >= 0.3 is 5.97 Å². The number of tetrazole rings is 1. The quantitative estimate of drug-likeness (QED) is 0.181. The van der Waals surface area contributed by atoms with Crippen LogP contribution >= 0.6 is 0 Å². The highest BCUT2D eigenvalue weighted by atomic mass is 16.6. The Morgan fingerprint density at radius 1 is 0.884 bits per heavy atom. The van der Waals surface area contributed by atoms with Crippen molar-refractivity contribution in [2.24, 2.45) is 35.5 Å². The second kappa shape index (κ2) is 25.7. The summed E-state index contributed by atoms with van der Waals surface area (Å²) in [5.41, 5.74) is 1.27. The van der Waals surface area contributed by atoms with Gasteiger partial charge in [0, 0.05) is 58.5 Å². The van der Waals surface area contributed by atoms with E-state index in [2.05, 4.69) is 15.5 Å². The average Bonchev–Trinajstić information content (AvgIpc) is 3.88. The van der Waals surface area contributed by atoms with E-state index in [0.717, 1.165) is 18.4 Å². The van der Waals surface area contributed by atoms with E-state index in [9.17, 15) is 34.2 Å². The summed E-state index contributed by atoms with van der Waals surface area (Å²) in [7, 11) is 4.62. The number of ether oxygens (including phenoxy) is 5. The number of carbonyl (C=O) groups excluding carboxylic acids is 5. The van der Waals surface area contributed by atoms with Crippen LogP contribution in [0.3, 0.4) is 0 Å². The summed E-state index contributed by atoms with van der Waals surface area (Å²) in [4.78, 5) is 72.3. The third kappa shape index (κ3) is 14.2. The number of fused-ring (bicyclic) bond motifs is 3. The number of Topliss-reactive ketones (excluding diaryl/α,β-unsaturated/α-hetero) is 3. The molecule has 3 aliphatic heterocycles. The Bertz CT molecular complexity index is 2020. The van der Waals surface area contributed by atoms with Crippen LogP contribution in [0.1, 0.15) is 132 Å². The van der Waals surface area contributed by atoms with Crippen molar-refractivity contribution in [2.45, 2.75) is 180 Å². The minimum Gasteiger partial charge on any atom is -0.460 e. The molecule has 17 heteroatoms. The molecular weight excluding hydrogens is 887 g/mol. The average molecular weight is 966 g/mol. The molecule has 5 rings (SSSR count). The first kappa shape index (κ1) is 55.7. The molecule has 1 aliphatic carbocycles. The molecule has 0 spiro atoms. The fraction of sp³-hybridized carbons (Fsp3) is 0.731. The van der Waals surface area contributed by atoms with Crippen LogP contribution in [0, 0.1) is 35.5 Å². The highest BCUT2D eigenvalue weighted by Gasteiger charge is 2.53. The summed E-state index contributed by atoms with van der Waals surface area (Å²) in [5.74, 6) is -7.92. The van der Waals surface area contributed by atoms with Gasteiger partial charge < -0.3 is 38.8 Å². The topological polar surface area (TPSA) is 219 Å². The number of piperidine rings is 1. The second-order valence-electron chi connectivity index (χ2n) is 20.4. The zero-order valence-corrected chi connectivity index (χ0v) is 42.5. The third-order valence-electron chi connectivity index (χ3n) is 15.2. The van der Waals surface area contributed by atoms with Crippen molar-refractivity contribution in [2.75, 3.05) is 27.9 Å². The Kier molecular flexibility index (Phi) is 20.8. The molecule has 1 aromatic heterocycles. The summed E-state index contributed by atoms with van der Waals surface area (Å²) < 4.78 is 31.6. The normalized spacial score (nSPS) is 38.8. The zero-order chi connectivity index (χ0) is 50.6. The number of aliphatic hydroxyl groups is 2. The van der Waals surface area contributed by atoms with Gasteiger partial charge in [-0.15, -0.1) is 5.10 Å². The summed E-state index contributed by atoms with van der Waals surface area (Å²) in [6.45, 7) is 12.8. The van der Waals surface area contributed by atoms with Crippen molar-refractivity contribution in [1.29, 1.82) is 0 Å².